The molecule has 1 aromatic carbocycles. The molecule has 0 atom stereocenters. The number of aromatic nitrogens is 2. The predicted octanol–water partition coefficient (Wildman–Crippen LogP) is 3.71. The van der Waals surface area contributed by atoms with Crippen LogP contribution < -0.4 is 5.32 Å². The van der Waals surface area contributed by atoms with Gasteiger partial charge in [0.2, 0.25) is 5.91 Å². The Bertz CT molecular complexity index is 790. The zero-order chi connectivity index (χ0) is 14.8. The third-order valence-electron chi connectivity index (χ3n) is 3.40. The fourth-order valence-corrected chi connectivity index (χ4v) is 2.56. The van der Waals surface area contributed by atoms with Crippen molar-refractivity contribution in [3.8, 4) is 0 Å². The van der Waals surface area contributed by atoms with Crippen molar-refractivity contribution < 1.29 is 4.79 Å². The Morgan fingerprint density at radius 3 is 2.95 bits per heavy atom. The molecule has 3 rings (SSSR count). The number of H-pyrrole nitrogens is 1. The van der Waals surface area contributed by atoms with Crippen LogP contribution in [-0.2, 0) is 11.2 Å². The van der Waals surface area contributed by atoms with Crippen LogP contribution in [0.25, 0.3) is 10.9 Å². The van der Waals surface area contributed by atoms with E-state index in [2.05, 4.69) is 15.3 Å². The fraction of sp³-hybridized carbons (Fsp3) is 0.125. The molecular weight excluding hydrogens is 286 g/mol. The number of para-hydroxylation sites is 1. The lowest BCUT2D eigenvalue weighted by Gasteiger charge is -2.09. The third-order valence-corrected chi connectivity index (χ3v) is 3.69. The Labute approximate surface area is 127 Å². The van der Waals surface area contributed by atoms with Gasteiger partial charge < -0.3 is 10.3 Å². The summed E-state index contributed by atoms with van der Waals surface area (Å²) in [5, 5.41) is 4.20. The molecule has 2 N–H and O–H groups in total. The molecule has 21 heavy (non-hydrogen) atoms. The standard InChI is InChI=1S/C16H14ClN3O/c1-10-6-7-18-16(17)15(10)20-14(21)8-11-9-19-13-5-3-2-4-12(11)13/h2-7,9,19H,8H2,1H3,(H,20,21). The summed E-state index contributed by atoms with van der Waals surface area (Å²) in [6.07, 6.45) is 3.77. The van der Waals surface area contributed by atoms with E-state index in [9.17, 15) is 4.79 Å². The van der Waals surface area contributed by atoms with Crippen molar-refractivity contribution in [3.63, 3.8) is 0 Å². The molecule has 0 bridgehead atoms. The molecule has 0 saturated carbocycles. The number of halogens is 1. The number of aromatic amines is 1. The van der Waals surface area contributed by atoms with Crippen LogP contribution in [0.1, 0.15) is 11.1 Å². The Balaban J connectivity index is 1.81. The number of carbonyl (C=O) groups is 1. The Hall–Kier alpha value is -2.33. The maximum absolute atomic E-state index is 12.2. The summed E-state index contributed by atoms with van der Waals surface area (Å²) < 4.78 is 0. The van der Waals surface area contributed by atoms with Crippen molar-refractivity contribution in [3.05, 3.63) is 59.0 Å². The van der Waals surface area contributed by atoms with E-state index >= 15 is 0 Å². The molecule has 0 aliphatic heterocycles. The average Bonchev–Trinajstić information content (AvgIpc) is 2.87. The summed E-state index contributed by atoms with van der Waals surface area (Å²) in [4.78, 5) is 19.4. The van der Waals surface area contributed by atoms with Crippen molar-refractivity contribution in [2.75, 3.05) is 5.32 Å². The highest BCUT2D eigenvalue weighted by Gasteiger charge is 2.12. The molecule has 0 radical (unpaired) electrons. The smallest absolute Gasteiger partial charge is 0.228 e. The molecule has 2 aromatic heterocycles. The summed E-state index contributed by atoms with van der Waals surface area (Å²) in [7, 11) is 0. The Morgan fingerprint density at radius 2 is 2.14 bits per heavy atom. The van der Waals surface area contributed by atoms with Crippen molar-refractivity contribution in [2.24, 2.45) is 0 Å². The minimum absolute atomic E-state index is 0.113. The van der Waals surface area contributed by atoms with Gasteiger partial charge in [-0.2, -0.15) is 0 Å². The van der Waals surface area contributed by atoms with Crippen LogP contribution in [0.2, 0.25) is 5.15 Å². The van der Waals surface area contributed by atoms with Crippen LogP contribution >= 0.6 is 11.6 Å². The highest BCUT2D eigenvalue weighted by molar-refractivity contribution is 6.32. The molecule has 106 valence electrons. The van der Waals surface area contributed by atoms with Crippen molar-refractivity contribution in [1.29, 1.82) is 0 Å². The first kappa shape index (κ1) is 13.6. The second-order valence-electron chi connectivity index (χ2n) is 4.88. The molecule has 0 saturated heterocycles. The number of hydrogen-bond donors (Lipinski definition) is 2. The van der Waals surface area contributed by atoms with Crippen LogP contribution in [0.15, 0.2) is 42.7 Å². The van der Waals surface area contributed by atoms with E-state index in [1.165, 1.54) is 0 Å². The van der Waals surface area contributed by atoms with E-state index < -0.39 is 0 Å². The lowest BCUT2D eigenvalue weighted by molar-refractivity contribution is -0.115. The first-order chi connectivity index (χ1) is 10.1. The molecule has 0 fully saturated rings. The molecule has 5 heteroatoms. The zero-order valence-electron chi connectivity index (χ0n) is 11.5. The van der Waals surface area contributed by atoms with Crippen LogP contribution in [-0.4, -0.2) is 15.9 Å². The summed E-state index contributed by atoms with van der Waals surface area (Å²) in [6, 6.07) is 9.71. The molecule has 3 aromatic rings. The molecule has 4 nitrogen and oxygen atoms in total. The van der Waals surface area contributed by atoms with Gasteiger partial charge in [0.25, 0.3) is 0 Å². The van der Waals surface area contributed by atoms with Crippen molar-refractivity contribution in [1.82, 2.24) is 9.97 Å². The number of aryl methyl sites for hydroxylation is 1. The number of nitrogens with zero attached hydrogens (tertiary/aromatic N) is 1. The average molecular weight is 300 g/mol. The normalized spacial score (nSPS) is 10.8. The highest BCUT2D eigenvalue weighted by Crippen LogP contribution is 2.24. The van der Waals surface area contributed by atoms with Gasteiger partial charge in [-0.25, -0.2) is 4.98 Å². The lowest BCUT2D eigenvalue weighted by atomic mass is 10.1. The van der Waals surface area contributed by atoms with E-state index in [1.54, 1.807) is 6.20 Å². The van der Waals surface area contributed by atoms with Gasteiger partial charge in [-0.1, -0.05) is 29.8 Å². The van der Waals surface area contributed by atoms with Gasteiger partial charge in [-0.05, 0) is 30.2 Å². The largest absolute Gasteiger partial charge is 0.361 e. The Morgan fingerprint density at radius 1 is 1.33 bits per heavy atom. The fourth-order valence-electron chi connectivity index (χ4n) is 2.31. The van der Waals surface area contributed by atoms with Crippen molar-refractivity contribution in [2.45, 2.75) is 13.3 Å². The molecule has 0 aliphatic rings. The minimum atomic E-state index is -0.113. The number of fused-ring (bicyclic) bond motifs is 1. The molecule has 2 heterocycles. The number of benzene rings is 1. The summed E-state index contributed by atoms with van der Waals surface area (Å²) in [5.74, 6) is -0.113. The number of anilines is 1. The van der Waals surface area contributed by atoms with Gasteiger partial charge in [0.15, 0.2) is 5.15 Å². The van der Waals surface area contributed by atoms with E-state index in [-0.39, 0.29) is 12.3 Å². The second-order valence-corrected chi connectivity index (χ2v) is 5.24. The van der Waals surface area contributed by atoms with Gasteiger partial charge >= 0.3 is 0 Å². The third kappa shape index (κ3) is 2.76. The minimum Gasteiger partial charge on any atom is -0.361 e. The topological polar surface area (TPSA) is 57.8 Å². The maximum atomic E-state index is 12.2. The molecule has 0 aliphatic carbocycles. The summed E-state index contributed by atoms with van der Waals surface area (Å²) in [6.45, 7) is 1.88. The zero-order valence-corrected chi connectivity index (χ0v) is 12.2. The SMILES string of the molecule is Cc1ccnc(Cl)c1NC(=O)Cc1c[nH]c2ccccc12. The van der Waals surface area contributed by atoms with Gasteiger partial charge in [-0.3, -0.25) is 4.79 Å². The predicted molar refractivity (Wildman–Crippen MR) is 84.6 cm³/mol. The van der Waals surface area contributed by atoms with E-state index in [0.717, 1.165) is 22.0 Å². The number of pyridine rings is 1. The first-order valence-electron chi connectivity index (χ1n) is 6.61. The van der Waals surface area contributed by atoms with E-state index in [4.69, 9.17) is 11.6 Å². The van der Waals surface area contributed by atoms with Crippen LogP contribution in [0.3, 0.4) is 0 Å². The lowest BCUT2D eigenvalue weighted by Crippen LogP contribution is -2.15. The number of carbonyl (C=O) groups excluding carboxylic acids is 1. The van der Waals surface area contributed by atoms with Gasteiger partial charge in [-0.15, -0.1) is 0 Å². The molecule has 1 amide bonds. The van der Waals surface area contributed by atoms with Crippen LogP contribution in [0.4, 0.5) is 5.69 Å². The summed E-state index contributed by atoms with van der Waals surface area (Å²) in [5.41, 5.74) is 3.45. The quantitative estimate of drug-likeness (QED) is 0.724. The van der Waals surface area contributed by atoms with E-state index in [1.807, 2.05) is 43.5 Å². The number of nitrogens with one attached hydrogen (secondary N) is 2. The first-order valence-corrected chi connectivity index (χ1v) is 6.99. The van der Waals surface area contributed by atoms with Gasteiger partial charge in [0.1, 0.15) is 0 Å². The number of rotatable bonds is 3. The second kappa shape index (κ2) is 5.58. The van der Waals surface area contributed by atoms with Gasteiger partial charge in [0, 0.05) is 23.3 Å². The van der Waals surface area contributed by atoms with Crippen molar-refractivity contribution >= 4 is 34.1 Å². The Kier molecular flexibility index (Phi) is 3.62. The monoisotopic (exact) mass is 299 g/mol. The van der Waals surface area contributed by atoms with Crippen LogP contribution in [0.5, 0.6) is 0 Å². The summed E-state index contributed by atoms with van der Waals surface area (Å²) >= 11 is 6.02. The number of hydrogen-bond acceptors (Lipinski definition) is 2. The molecule has 0 unspecified atom stereocenters. The van der Waals surface area contributed by atoms with Crippen LogP contribution in [0, 0.1) is 6.92 Å². The number of amides is 1. The molecule has 0 spiro atoms. The maximum Gasteiger partial charge on any atom is 0.228 e. The van der Waals surface area contributed by atoms with E-state index in [0.29, 0.717) is 10.8 Å². The van der Waals surface area contributed by atoms with Gasteiger partial charge in [0.05, 0.1) is 12.1 Å². The molecular formula is C16H14ClN3O. The highest BCUT2D eigenvalue weighted by atomic mass is 35.5.